The molecular formula is C18H19NO. The fraction of sp³-hybridized carbons (Fsp3) is 0.278. The van der Waals surface area contributed by atoms with Gasteiger partial charge >= 0.3 is 0 Å². The third kappa shape index (κ3) is 2.90. The Kier molecular flexibility index (Phi) is 3.55. The fourth-order valence-corrected chi connectivity index (χ4v) is 2.44. The SMILES string of the molecule is Cc1ccc(CC2CC(c3ccc(C)cc3)=NO2)cc1. The first-order valence-corrected chi connectivity index (χ1v) is 7.06. The molecule has 0 aromatic heterocycles. The van der Waals surface area contributed by atoms with E-state index in [0.717, 1.165) is 18.6 Å². The molecule has 0 aliphatic carbocycles. The molecule has 1 atom stereocenters. The minimum Gasteiger partial charge on any atom is -0.391 e. The molecule has 0 spiro atoms. The van der Waals surface area contributed by atoms with Crippen molar-refractivity contribution in [2.45, 2.75) is 32.8 Å². The van der Waals surface area contributed by atoms with Crippen molar-refractivity contribution in [2.75, 3.05) is 0 Å². The van der Waals surface area contributed by atoms with Crippen molar-refractivity contribution >= 4 is 5.71 Å². The second kappa shape index (κ2) is 5.49. The molecule has 1 heterocycles. The molecule has 2 heteroatoms. The summed E-state index contributed by atoms with van der Waals surface area (Å²) in [6.45, 7) is 4.20. The van der Waals surface area contributed by atoms with Crippen LogP contribution < -0.4 is 0 Å². The zero-order valence-corrected chi connectivity index (χ0v) is 12.0. The van der Waals surface area contributed by atoms with E-state index < -0.39 is 0 Å². The molecule has 0 radical (unpaired) electrons. The van der Waals surface area contributed by atoms with Crippen molar-refractivity contribution in [3.63, 3.8) is 0 Å². The summed E-state index contributed by atoms with van der Waals surface area (Å²) < 4.78 is 0. The Morgan fingerprint density at radius 2 is 1.55 bits per heavy atom. The number of nitrogens with zero attached hydrogens (tertiary/aromatic N) is 1. The molecular weight excluding hydrogens is 246 g/mol. The van der Waals surface area contributed by atoms with E-state index in [0.29, 0.717) is 0 Å². The third-order valence-electron chi connectivity index (χ3n) is 3.70. The van der Waals surface area contributed by atoms with Gasteiger partial charge in [-0.2, -0.15) is 0 Å². The summed E-state index contributed by atoms with van der Waals surface area (Å²) >= 11 is 0. The second-order valence-corrected chi connectivity index (χ2v) is 5.53. The quantitative estimate of drug-likeness (QED) is 0.820. The lowest BCUT2D eigenvalue weighted by Crippen LogP contribution is -2.11. The van der Waals surface area contributed by atoms with Gasteiger partial charge in [0.1, 0.15) is 6.10 Å². The molecule has 1 aliphatic rings. The number of benzene rings is 2. The van der Waals surface area contributed by atoms with Crippen LogP contribution in [0.1, 0.15) is 28.7 Å². The summed E-state index contributed by atoms with van der Waals surface area (Å²) in [5.74, 6) is 0. The monoisotopic (exact) mass is 265 g/mol. The molecule has 102 valence electrons. The van der Waals surface area contributed by atoms with Crippen molar-refractivity contribution in [3.8, 4) is 0 Å². The van der Waals surface area contributed by atoms with Crippen molar-refractivity contribution in [2.24, 2.45) is 5.16 Å². The Balaban J connectivity index is 1.64. The highest BCUT2D eigenvalue weighted by molar-refractivity contribution is 6.01. The van der Waals surface area contributed by atoms with Gasteiger partial charge in [0.15, 0.2) is 0 Å². The molecule has 1 aliphatic heterocycles. The van der Waals surface area contributed by atoms with E-state index in [1.54, 1.807) is 0 Å². The molecule has 1 unspecified atom stereocenters. The molecule has 0 N–H and O–H groups in total. The predicted molar refractivity (Wildman–Crippen MR) is 82.1 cm³/mol. The van der Waals surface area contributed by atoms with E-state index in [1.165, 1.54) is 22.3 Å². The zero-order chi connectivity index (χ0) is 13.9. The third-order valence-corrected chi connectivity index (χ3v) is 3.70. The summed E-state index contributed by atoms with van der Waals surface area (Å²) in [6.07, 6.45) is 1.96. The molecule has 0 fully saturated rings. The van der Waals surface area contributed by atoms with Gasteiger partial charge in [0.2, 0.25) is 0 Å². The molecule has 0 saturated heterocycles. The van der Waals surface area contributed by atoms with Crippen LogP contribution in [0.3, 0.4) is 0 Å². The second-order valence-electron chi connectivity index (χ2n) is 5.53. The zero-order valence-electron chi connectivity index (χ0n) is 12.0. The topological polar surface area (TPSA) is 21.6 Å². The number of rotatable bonds is 3. The van der Waals surface area contributed by atoms with E-state index >= 15 is 0 Å². The van der Waals surface area contributed by atoms with Crippen LogP contribution in [0.15, 0.2) is 53.7 Å². The fourth-order valence-electron chi connectivity index (χ4n) is 2.44. The van der Waals surface area contributed by atoms with Gasteiger partial charge in [-0.05, 0) is 25.0 Å². The maximum absolute atomic E-state index is 5.57. The highest BCUT2D eigenvalue weighted by Crippen LogP contribution is 2.20. The Labute approximate surface area is 120 Å². The summed E-state index contributed by atoms with van der Waals surface area (Å²) in [5.41, 5.74) is 6.09. The van der Waals surface area contributed by atoms with Crippen LogP contribution in [0, 0.1) is 13.8 Å². The first-order valence-electron chi connectivity index (χ1n) is 7.06. The molecule has 20 heavy (non-hydrogen) atoms. The summed E-state index contributed by atoms with van der Waals surface area (Å²) in [5, 5.41) is 4.25. The lowest BCUT2D eigenvalue weighted by molar-refractivity contribution is 0.0859. The largest absolute Gasteiger partial charge is 0.391 e. The van der Waals surface area contributed by atoms with Crippen LogP contribution in [0.4, 0.5) is 0 Å². The van der Waals surface area contributed by atoms with Gasteiger partial charge in [0.05, 0.1) is 5.71 Å². The summed E-state index contributed by atoms with van der Waals surface area (Å²) in [4.78, 5) is 5.57. The molecule has 3 rings (SSSR count). The molecule has 2 nitrogen and oxygen atoms in total. The van der Waals surface area contributed by atoms with Gasteiger partial charge in [0, 0.05) is 12.8 Å². The number of hydrogen-bond donors (Lipinski definition) is 0. The van der Waals surface area contributed by atoms with E-state index in [9.17, 15) is 0 Å². The standard InChI is InChI=1S/C18H19NO/c1-13-3-7-15(8-4-13)11-17-12-18(19-20-17)16-9-5-14(2)6-10-16/h3-10,17H,11-12H2,1-2H3. The first-order chi connectivity index (χ1) is 9.70. The van der Waals surface area contributed by atoms with Gasteiger partial charge in [0.25, 0.3) is 0 Å². The Morgan fingerprint density at radius 3 is 2.20 bits per heavy atom. The lowest BCUT2D eigenvalue weighted by atomic mass is 9.99. The maximum Gasteiger partial charge on any atom is 0.137 e. The Morgan fingerprint density at radius 1 is 0.950 bits per heavy atom. The van der Waals surface area contributed by atoms with E-state index in [4.69, 9.17) is 4.84 Å². The Bertz CT molecular complexity index is 611. The molecule has 0 bridgehead atoms. The minimum atomic E-state index is 0.161. The van der Waals surface area contributed by atoms with Crippen LogP contribution in [-0.4, -0.2) is 11.8 Å². The van der Waals surface area contributed by atoms with Crippen LogP contribution in [0.5, 0.6) is 0 Å². The van der Waals surface area contributed by atoms with E-state index in [-0.39, 0.29) is 6.10 Å². The molecule has 0 amide bonds. The molecule has 0 saturated carbocycles. The van der Waals surface area contributed by atoms with Crippen molar-refractivity contribution in [3.05, 3.63) is 70.8 Å². The van der Waals surface area contributed by atoms with Crippen LogP contribution in [0.25, 0.3) is 0 Å². The van der Waals surface area contributed by atoms with Crippen molar-refractivity contribution in [1.82, 2.24) is 0 Å². The molecule has 2 aromatic rings. The van der Waals surface area contributed by atoms with Gasteiger partial charge in [-0.15, -0.1) is 0 Å². The average molecular weight is 265 g/mol. The minimum absolute atomic E-state index is 0.161. The van der Waals surface area contributed by atoms with Crippen molar-refractivity contribution in [1.29, 1.82) is 0 Å². The highest BCUT2D eigenvalue weighted by atomic mass is 16.6. The smallest absolute Gasteiger partial charge is 0.137 e. The van der Waals surface area contributed by atoms with Crippen LogP contribution in [-0.2, 0) is 11.3 Å². The maximum atomic E-state index is 5.57. The molecule has 2 aromatic carbocycles. The first kappa shape index (κ1) is 12.9. The van der Waals surface area contributed by atoms with Crippen molar-refractivity contribution < 1.29 is 4.84 Å². The van der Waals surface area contributed by atoms with Gasteiger partial charge < -0.3 is 4.84 Å². The van der Waals surface area contributed by atoms with Gasteiger partial charge in [-0.1, -0.05) is 64.8 Å². The predicted octanol–water partition coefficient (Wildman–Crippen LogP) is 4.04. The van der Waals surface area contributed by atoms with E-state index in [2.05, 4.69) is 67.5 Å². The van der Waals surface area contributed by atoms with Gasteiger partial charge in [-0.25, -0.2) is 0 Å². The average Bonchev–Trinajstić information content (AvgIpc) is 2.91. The number of oxime groups is 1. The normalized spacial score (nSPS) is 17.7. The number of aryl methyl sites for hydroxylation is 2. The highest BCUT2D eigenvalue weighted by Gasteiger charge is 2.22. The summed E-state index contributed by atoms with van der Waals surface area (Å²) in [7, 11) is 0. The summed E-state index contributed by atoms with van der Waals surface area (Å²) in [6, 6.07) is 17.1. The number of hydrogen-bond acceptors (Lipinski definition) is 2. The van der Waals surface area contributed by atoms with Crippen LogP contribution in [0.2, 0.25) is 0 Å². The lowest BCUT2D eigenvalue weighted by Gasteiger charge is -2.08. The van der Waals surface area contributed by atoms with Crippen LogP contribution >= 0.6 is 0 Å². The Hall–Kier alpha value is -2.09. The van der Waals surface area contributed by atoms with Gasteiger partial charge in [-0.3, -0.25) is 0 Å². The van der Waals surface area contributed by atoms with E-state index in [1.807, 2.05) is 0 Å².